The van der Waals surface area contributed by atoms with Crippen molar-refractivity contribution in [2.45, 2.75) is 25.5 Å². The van der Waals surface area contributed by atoms with Crippen LogP contribution >= 0.6 is 0 Å². The lowest BCUT2D eigenvalue weighted by molar-refractivity contribution is -0.143. The van der Waals surface area contributed by atoms with E-state index in [4.69, 9.17) is 19.9 Å². The maximum absolute atomic E-state index is 14.6. The molecule has 0 N–H and O–H groups in total. The van der Waals surface area contributed by atoms with Crippen LogP contribution in [-0.4, -0.2) is 29.1 Å². The van der Waals surface area contributed by atoms with Crippen molar-refractivity contribution in [1.29, 1.82) is 0 Å². The van der Waals surface area contributed by atoms with Gasteiger partial charge in [-0.3, -0.25) is 4.98 Å². The average molecular weight is 1090 g/mol. The number of nitrogens with zero attached hydrogens (tertiary/aromatic N) is 6. The first-order chi connectivity index (χ1) is 39.0. The molecule has 0 radical (unpaired) electrons. The van der Waals surface area contributed by atoms with Gasteiger partial charge in [-0.2, -0.15) is 39.5 Å². The van der Waals surface area contributed by atoms with Crippen molar-refractivity contribution in [2.75, 3.05) is 0 Å². The quantitative estimate of drug-likeness (QED) is 0.142. The van der Waals surface area contributed by atoms with Crippen LogP contribution in [0.15, 0.2) is 219 Å². The molecule has 0 aliphatic carbocycles. The lowest BCUT2D eigenvalue weighted by atomic mass is 9.95. The summed E-state index contributed by atoms with van der Waals surface area (Å²) in [6, 6.07) is 59.5. The molecular formula is C66H39F9N6. The second kappa shape index (κ2) is 19.2. The SMILES string of the molecule is Cc1ccc(-c2ccc3c(c2)c2ccccc2n3-c2ccc(-c3nc(-c4ccccc4)nc(-c4ccccc4)n3)cc2-c2cc(-n3c4ccccc4c4cc(-c5ccc(C(F)(F)F)cc5C(F)(F)F)ccc43)ccn2)c(C(F)(F)F)c1. The molecule has 396 valence electrons. The molecular weight excluding hydrogens is 1050 g/mol. The van der Waals surface area contributed by atoms with Crippen LogP contribution in [0.1, 0.15) is 22.3 Å². The van der Waals surface area contributed by atoms with Crippen molar-refractivity contribution >= 4 is 43.6 Å². The fourth-order valence-corrected chi connectivity index (χ4v) is 10.9. The van der Waals surface area contributed by atoms with Gasteiger partial charge in [-0.05, 0) is 114 Å². The van der Waals surface area contributed by atoms with Gasteiger partial charge < -0.3 is 9.13 Å². The van der Waals surface area contributed by atoms with Gasteiger partial charge in [0, 0.05) is 55.7 Å². The summed E-state index contributed by atoms with van der Waals surface area (Å²) in [6.07, 6.45) is -13.0. The van der Waals surface area contributed by atoms with E-state index >= 15 is 0 Å². The van der Waals surface area contributed by atoms with Crippen LogP contribution in [0.3, 0.4) is 0 Å². The predicted molar refractivity (Wildman–Crippen MR) is 299 cm³/mol. The molecule has 4 aromatic heterocycles. The minimum Gasteiger partial charge on any atom is -0.309 e. The highest BCUT2D eigenvalue weighted by molar-refractivity contribution is 6.12. The van der Waals surface area contributed by atoms with Crippen molar-refractivity contribution in [3.63, 3.8) is 0 Å². The first-order valence-electron chi connectivity index (χ1n) is 25.5. The number of fused-ring (bicyclic) bond motifs is 6. The second-order valence-corrected chi connectivity index (χ2v) is 19.6. The highest BCUT2D eigenvalue weighted by Crippen LogP contribution is 2.45. The Morgan fingerprint density at radius 2 is 0.827 bits per heavy atom. The third kappa shape index (κ3) is 9.09. The summed E-state index contributed by atoms with van der Waals surface area (Å²) in [5, 5.41) is 2.71. The largest absolute Gasteiger partial charge is 0.417 e. The number of hydrogen-bond acceptors (Lipinski definition) is 4. The molecule has 0 saturated heterocycles. The molecule has 0 saturated carbocycles. The molecule has 0 atom stereocenters. The van der Waals surface area contributed by atoms with E-state index in [-0.39, 0.29) is 17.2 Å². The Hall–Kier alpha value is -9.89. The van der Waals surface area contributed by atoms with E-state index in [2.05, 4.69) is 4.57 Å². The van der Waals surface area contributed by atoms with E-state index in [1.54, 1.807) is 55.6 Å². The van der Waals surface area contributed by atoms with Gasteiger partial charge in [-0.15, -0.1) is 0 Å². The third-order valence-corrected chi connectivity index (χ3v) is 14.6. The predicted octanol–water partition coefficient (Wildman–Crippen LogP) is 18.8. The molecule has 0 bridgehead atoms. The van der Waals surface area contributed by atoms with Gasteiger partial charge in [0.15, 0.2) is 17.5 Å². The van der Waals surface area contributed by atoms with Crippen molar-refractivity contribution in [3.05, 3.63) is 241 Å². The van der Waals surface area contributed by atoms with E-state index in [9.17, 15) is 39.5 Å². The van der Waals surface area contributed by atoms with Gasteiger partial charge in [0.1, 0.15) is 0 Å². The molecule has 9 aromatic carbocycles. The molecule has 6 nitrogen and oxygen atoms in total. The Morgan fingerprint density at radius 3 is 1.40 bits per heavy atom. The minimum atomic E-state index is -5.09. The number of benzene rings is 9. The monoisotopic (exact) mass is 1090 g/mol. The number of alkyl halides is 9. The highest BCUT2D eigenvalue weighted by Gasteiger charge is 2.39. The minimum absolute atomic E-state index is 0.0481. The molecule has 0 aliphatic heterocycles. The zero-order valence-electron chi connectivity index (χ0n) is 42.4. The van der Waals surface area contributed by atoms with Crippen molar-refractivity contribution < 1.29 is 39.5 Å². The number of halogens is 9. The molecule has 13 rings (SSSR count). The van der Waals surface area contributed by atoms with Crippen LogP contribution in [0.5, 0.6) is 0 Å². The van der Waals surface area contributed by atoms with Crippen LogP contribution in [0, 0.1) is 6.92 Å². The van der Waals surface area contributed by atoms with Gasteiger partial charge in [-0.1, -0.05) is 133 Å². The maximum Gasteiger partial charge on any atom is 0.417 e. The lowest BCUT2D eigenvalue weighted by Crippen LogP contribution is -2.12. The van der Waals surface area contributed by atoms with Crippen LogP contribution in [-0.2, 0) is 18.5 Å². The summed E-state index contributed by atoms with van der Waals surface area (Å²) in [4.78, 5) is 20.0. The van der Waals surface area contributed by atoms with E-state index in [1.165, 1.54) is 12.1 Å². The zero-order chi connectivity index (χ0) is 56.0. The first-order valence-corrected chi connectivity index (χ1v) is 25.5. The molecule has 0 aliphatic rings. The molecule has 0 spiro atoms. The van der Waals surface area contributed by atoms with Crippen molar-refractivity contribution in [3.8, 4) is 79.0 Å². The number of aryl methyl sites for hydroxylation is 1. The van der Waals surface area contributed by atoms with E-state index in [1.807, 2.05) is 138 Å². The van der Waals surface area contributed by atoms with Gasteiger partial charge >= 0.3 is 18.5 Å². The normalized spacial score (nSPS) is 12.3. The van der Waals surface area contributed by atoms with Crippen LogP contribution in [0.25, 0.3) is 123 Å². The van der Waals surface area contributed by atoms with E-state index < -0.39 is 40.8 Å². The third-order valence-electron chi connectivity index (χ3n) is 14.6. The van der Waals surface area contributed by atoms with Gasteiger partial charge in [0.2, 0.25) is 0 Å². The molecule has 0 amide bonds. The molecule has 13 aromatic rings. The summed E-state index contributed by atoms with van der Waals surface area (Å²) < 4.78 is 133. The smallest absolute Gasteiger partial charge is 0.309 e. The number of para-hydroxylation sites is 2. The Kier molecular flexibility index (Phi) is 12.0. The summed E-state index contributed by atoms with van der Waals surface area (Å²) in [6.45, 7) is 1.63. The topological polar surface area (TPSA) is 61.4 Å². The van der Waals surface area contributed by atoms with E-state index in [0.717, 1.165) is 34.2 Å². The number of hydrogen-bond donors (Lipinski definition) is 0. The second-order valence-electron chi connectivity index (χ2n) is 19.6. The molecule has 0 unspecified atom stereocenters. The zero-order valence-corrected chi connectivity index (χ0v) is 42.4. The summed E-state index contributed by atoms with van der Waals surface area (Å²) >= 11 is 0. The standard InChI is InChI=1S/C66H39F9N6/c1-38-20-25-46(53(32-38)65(70,71)72)41-22-28-59-51(34-41)49-17-9-11-19-57(49)81(59)60-29-23-43(63-78-61(39-12-4-2-5-13-39)77-62(79-63)40-14-6-3-7-15-40)35-52(60)55-37-45(30-31-76-55)80-56-18-10-8-16-48(56)50-33-42(21-27-58(50)80)47-26-24-44(64(67,68)69)36-54(47)66(73,74)75/h2-37H,1H3. The number of rotatable bonds is 8. The van der Waals surface area contributed by atoms with Gasteiger partial charge in [0.25, 0.3) is 0 Å². The fourth-order valence-electron chi connectivity index (χ4n) is 10.9. The van der Waals surface area contributed by atoms with Gasteiger partial charge in [-0.25, -0.2) is 15.0 Å². The molecule has 0 fully saturated rings. The lowest BCUT2D eigenvalue weighted by Gasteiger charge is -2.17. The number of aromatic nitrogens is 6. The fraction of sp³-hybridized carbons (Fsp3) is 0.0606. The van der Waals surface area contributed by atoms with Crippen LogP contribution in [0.2, 0.25) is 0 Å². The van der Waals surface area contributed by atoms with Crippen molar-refractivity contribution in [1.82, 2.24) is 29.1 Å². The Morgan fingerprint density at radius 1 is 0.346 bits per heavy atom. The van der Waals surface area contributed by atoms with Crippen LogP contribution < -0.4 is 0 Å². The number of pyridine rings is 1. The molecule has 81 heavy (non-hydrogen) atoms. The summed E-state index contributed by atoms with van der Waals surface area (Å²) in [7, 11) is 0. The molecule has 15 heteroatoms. The highest BCUT2D eigenvalue weighted by atomic mass is 19.4. The average Bonchev–Trinajstić information content (AvgIpc) is 4.09. The van der Waals surface area contributed by atoms with Gasteiger partial charge in [0.05, 0.1) is 50.1 Å². The Labute approximate surface area is 455 Å². The van der Waals surface area contributed by atoms with E-state index in [0.29, 0.717) is 95.6 Å². The molecule has 4 heterocycles. The summed E-state index contributed by atoms with van der Waals surface area (Å²) in [5.74, 6) is 1.23. The maximum atomic E-state index is 14.6. The van der Waals surface area contributed by atoms with Crippen molar-refractivity contribution in [2.24, 2.45) is 0 Å². The Balaban J connectivity index is 1.03. The Bertz CT molecular complexity index is 4560. The summed E-state index contributed by atoms with van der Waals surface area (Å²) in [5.41, 5.74) is 4.25. The van der Waals surface area contributed by atoms with Crippen LogP contribution in [0.4, 0.5) is 39.5 Å². The first kappa shape index (κ1) is 50.6.